The highest BCUT2D eigenvalue weighted by atomic mass is 79.9. The average molecular weight is 322 g/mol. The second kappa shape index (κ2) is 5.46. The molecule has 5 heteroatoms. The van der Waals surface area contributed by atoms with Gasteiger partial charge in [-0.15, -0.1) is 0 Å². The molecule has 3 N–H and O–H groups in total. The average Bonchev–Trinajstić information content (AvgIpc) is 2.34. The molecule has 0 fully saturated rings. The van der Waals surface area contributed by atoms with Crippen LogP contribution in [0.2, 0.25) is 0 Å². The quantitative estimate of drug-likeness (QED) is 0.849. The van der Waals surface area contributed by atoms with Gasteiger partial charge in [0.25, 0.3) is 0 Å². The second-order valence-electron chi connectivity index (χ2n) is 3.86. The highest BCUT2D eigenvalue weighted by Gasteiger charge is 2.02. The summed E-state index contributed by atoms with van der Waals surface area (Å²) in [5, 5.41) is 3.22. The Bertz CT molecular complexity index is 599. The largest absolute Gasteiger partial charge is 0.388 e. The number of anilines is 2. The number of rotatable bonds is 3. The molecule has 0 aliphatic carbocycles. The molecular weight excluding hydrogens is 310 g/mol. The topological polar surface area (TPSA) is 50.9 Å². The van der Waals surface area contributed by atoms with E-state index in [0.29, 0.717) is 10.7 Å². The van der Waals surface area contributed by atoms with E-state index in [1.165, 1.54) is 0 Å². The van der Waals surface area contributed by atoms with E-state index in [9.17, 15) is 0 Å². The van der Waals surface area contributed by atoms with E-state index in [1.807, 2.05) is 37.3 Å². The lowest BCUT2D eigenvalue weighted by Gasteiger charge is -2.08. The number of nitrogens with one attached hydrogen (secondary N) is 1. The Labute approximate surface area is 120 Å². The molecule has 0 aliphatic rings. The van der Waals surface area contributed by atoms with Gasteiger partial charge in [0.1, 0.15) is 10.8 Å². The Hall–Kier alpha value is -1.46. The molecule has 0 amide bonds. The lowest BCUT2D eigenvalue weighted by atomic mass is 10.2. The summed E-state index contributed by atoms with van der Waals surface area (Å²) in [6.07, 6.45) is 0. The van der Waals surface area contributed by atoms with Crippen molar-refractivity contribution in [1.29, 1.82) is 0 Å². The molecule has 1 aromatic heterocycles. The van der Waals surface area contributed by atoms with Gasteiger partial charge in [0.15, 0.2) is 0 Å². The molecule has 0 atom stereocenters. The number of halogens is 1. The lowest BCUT2D eigenvalue weighted by molar-refractivity contribution is 1.27. The van der Waals surface area contributed by atoms with Gasteiger partial charge >= 0.3 is 0 Å². The fourth-order valence-electron chi connectivity index (χ4n) is 1.51. The maximum atomic E-state index is 5.55. The van der Waals surface area contributed by atoms with Crippen LogP contribution in [0.5, 0.6) is 0 Å². The standard InChI is InChI=1S/C13H12BrN3S/c1-8-7-9(5-6-10(8)14)16-12-4-2-3-11(17-12)13(15)18/h2-7H,1H3,(H2,15,18)(H,16,17). The molecule has 18 heavy (non-hydrogen) atoms. The Balaban J connectivity index is 2.25. The molecular formula is C13H12BrN3S. The van der Waals surface area contributed by atoms with E-state index in [-0.39, 0.29) is 0 Å². The van der Waals surface area contributed by atoms with E-state index in [1.54, 1.807) is 6.07 Å². The Morgan fingerprint density at radius 1 is 1.33 bits per heavy atom. The third-order valence-corrected chi connectivity index (χ3v) is 3.53. The van der Waals surface area contributed by atoms with Crippen molar-refractivity contribution in [1.82, 2.24) is 4.98 Å². The molecule has 2 rings (SSSR count). The smallest absolute Gasteiger partial charge is 0.131 e. The van der Waals surface area contributed by atoms with E-state index in [2.05, 4.69) is 26.2 Å². The van der Waals surface area contributed by atoms with Crippen LogP contribution in [0.25, 0.3) is 0 Å². The third kappa shape index (κ3) is 3.05. The number of nitrogens with two attached hydrogens (primary N) is 1. The summed E-state index contributed by atoms with van der Waals surface area (Å²) < 4.78 is 1.08. The fourth-order valence-corrected chi connectivity index (χ4v) is 1.87. The second-order valence-corrected chi connectivity index (χ2v) is 5.16. The van der Waals surface area contributed by atoms with Crippen molar-refractivity contribution in [3.05, 3.63) is 52.1 Å². The van der Waals surface area contributed by atoms with Gasteiger partial charge in [0, 0.05) is 10.2 Å². The van der Waals surface area contributed by atoms with Crippen LogP contribution in [0.4, 0.5) is 11.5 Å². The molecule has 0 saturated carbocycles. The molecule has 1 heterocycles. The number of nitrogens with zero attached hydrogens (tertiary/aromatic N) is 1. The van der Waals surface area contributed by atoms with Crippen LogP contribution >= 0.6 is 28.1 Å². The predicted molar refractivity (Wildman–Crippen MR) is 82.3 cm³/mol. The molecule has 0 aliphatic heterocycles. The van der Waals surface area contributed by atoms with E-state index in [4.69, 9.17) is 18.0 Å². The minimum atomic E-state index is 0.297. The summed E-state index contributed by atoms with van der Waals surface area (Å²) in [5.74, 6) is 0.724. The number of aromatic nitrogens is 1. The van der Waals surface area contributed by atoms with Crippen LogP contribution in [0.3, 0.4) is 0 Å². The third-order valence-electron chi connectivity index (χ3n) is 2.43. The minimum Gasteiger partial charge on any atom is -0.388 e. The van der Waals surface area contributed by atoms with Gasteiger partial charge in [-0.25, -0.2) is 4.98 Å². The van der Waals surface area contributed by atoms with Crippen molar-refractivity contribution in [3.63, 3.8) is 0 Å². The van der Waals surface area contributed by atoms with Gasteiger partial charge in [-0.05, 0) is 42.8 Å². The first kappa shape index (κ1) is 13.0. The van der Waals surface area contributed by atoms with Gasteiger partial charge in [0.2, 0.25) is 0 Å². The summed E-state index contributed by atoms with van der Waals surface area (Å²) in [6, 6.07) is 11.6. The van der Waals surface area contributed by atoms with Gasteiger partial charge in [-0.1, -0.05) is 34.2 Å². The first-order valence-electron chi connectivity index (χ1n) is 5.36. The maximum Gasteiger partial charge on any atom is 0.131 e. The molecule has 0 radical (unpaired) electrons. The molecule has 0 bridgehead atoms. The zero-order chi connectivity index (χ0) is 13.1. The van der Waals surface area contributed by atoms with Crippen molar-refractivity contribution >= 4 is 44.6 Å². The number of benzene rings is 1. The highest BCUT2D eigenvalue weighted by Crippen LogP contribution is 2.22. The summed E-state index contributed by atoms with van der Waals surface area (Å²) in [4.78, 5) is 4.63. The molecule has 0 unspecified atom stereocenters. The van der Waals surface area contributed by atoms with Crippen LogP contribution in [0.15, 0.2) is 40.9 Å². The molecule has 0 saturated heterocycles. The number of aryl methyl sites for hydroxylation is 1. The molecule has 1 aromatic carbocycles. The zero-order valence-electron chi connectivity index (χ0n) is 9.77. The highest BCUT2D eigenvalue weighted by molar-refractivity contribution is 9.10. The number of pyridine rings is 1. The van der Waals surface area contributed by atoms with Crippen LogP contribution in [0, 0.1) is 6.92 Å². The summed E-state index contributed by atoms with van der Waals surface area (Å²) in [5.41, 5.74) is 8.30. The number of hydrogen-bond donors (Lipinski definition) is 2. The van der Waals surface area contributed by atoms with Gasteiger partial charge in [-0.2, -0.15) is 0 Å². The Kier molecular flexibility index (Phi) is 3.93. The van der Waals surface area contributed by atoms with Crippen LogP contribution < -0.4 is 11.1 Å². The van der Waals surface area contributed by atoms with E-state index in [0.717, 1.165) is 21.5 Å². The van der Waals surface area contributed by atoms with Crippen LogP contribution in [0.1, 0.15) is 11.3 Å². The monoisotopic (exact) mass is 321 g/mol. The van der Waals surface area contributed by atoms with Crippen LogP contribution in [-0.2, 0) is 0 Å². The van der Waals surface area contributed by atoms with Crippen molar-refractivity contribution in [2.75, 3.05) is 5.32 Å². The SMILES string of the molecule is Cc1cc(Nc2cccc(C(N)=S)n2)ccc1Br. The lowest BCUT2D eigenvalue weighted by Crippen LogP contribution is -2.12. The first-order valence-corrected chi connectivity index (χ1v) is 6.56. The zero-order valence-corrected chi connectivity index (χ0v) is 12.2. The predicted octanol–water partition coefficient (Wildman–Crippen LogP) is 3.53. The normalized spacial score (nSPS) is 10.1. The van der Waals surface area contributed by atoms with Crippen LogP contribution in [-0.4, -0.2) is 9.97 Å². The van der Waals surface area contributed by atoms with E-state index < -0.39 is 0 Å². The first-order chi connectivity index (χ1) is 8.56. The fraction of sp³-hybridized carbons (Fsp3) is 0.0769. The van der Waals surface area contributed by atoms with Crippen molar-refractivity contribution in [3.8, 4) is 0 Å². The van der Waals surface area contributed by atoms with Crippen molar-refractivity contribution < 1.29 is 0 Å². The Morgan fingerprint density at radius 3 is 2.78 bits per heavy atom. The number of thiocarbonyl (C=S) groups is 1. The minimum absolute atomic E-state index is 0.297. The molecule has 0 spiro atoms. The van der Waals surface area contributed by atoms with Crippen molar-refractivity contribution in [2.24, 2.45) is 5.73 Å². The van der Waals surface area contributed by atoms with E-state index >= 15 is 0 Å². The summed E-state index contributed by atoms with van der Waals surface area (Å²) in [6.45, 7) is 2.04. The maximum absolute atomic E-state index is 5.55. The molecule has 92 valence electrons. The Morgan fingerprint density at radius 2 is 2.11 bits per heavy atom. The summed E-state index contributed by atoms with van der Waals surface area (Å²) in [7, 11) is 0. The van der Waals surface area contributed by atoms with Gasteiger partial charge in [0.05, 0.1) is 5.69 Å². The molecule has 3 nitrogen and oxygen atoms in total. The summed E-state index contributed by atoms with van der Waals surface area (Å²) >= 11 is 8.37. The van der Waals surface area contributed by atoms with Crippen molar-refractivity contribution in [2.45, 2.75) is 6.92 Å². The molecule has 2 aromatic rings. The number of hydrogen-bond acceptors (Lipinski definition) is 3. The van der Waals surface area contributed by atoms with Gasteiger partial charge in [-0.3, -0.25) is 0 Å². The van der Waals surface area contributed by atoms with Gasteiger partial charge < -0.3 is 11.1 Å².